The molecule has 2 fully saturated rings. The summed E-state index contributed by atoms with van der Waals surface area (Å²) in [5.74, 6) is 0.213. The van der Waals surface area contributed by atoms with E-state index in [0.717, 1.165) is 38.9 Å². The van der Waals surface area contributed by atoms with Crippen molar-refractivity contribution in [2.45, 2.75) is 38.0 Å². The number of hydrogen-bond donors (Lipinski definition) is 1. The Bertz CT molecular complexity index is 819. The summed E-state index contributed by atoms with van der Waals surface area (Å²) in [6, 6.07) is 12.3. The zero-order valence-corrected chi connectivity index (χ0v) is 17.1. The molecule has 7 heteroatoms. The number of amides is 1. The minimum atomic E-state index is -0.142. The number of carbonyl (C=O) groups is 1. The van der Waals surface area contributed by atoms with E-state index >= 15 is 0 Å². The minimum Gasteiger partial charge on any atom is -0.471 e. The largest absolute Gasteiger partial charge is 0.471 e. The van der Waals surface area contributed by atoms with Gasteiger partial charge in [-0.1, -0.05) is 41.9 Å². The van der Waals surface area contributed by atoms with Crippen molar-refractivity contribution in [1.82, 2.24) is 15.2 Å². The molecule has 0 unspecified atom stereocenters. The predicted octanol–water partition coefficient (Wildman–Crippen LogP) is 3.30. The van der Waals surface area contributed by atoms with E-state index in [1.807, 2.05) is 6.07 Å². The van der Waals surface area contributed by atoms with E-state index in [0.29, 0.717) is 29.7 Å². The van der Waals surface area contributed by atoms with Crippen molar-refractivity contribution in [3.63, 3.8) is 0 Å². The van der Waals surface area contributed by atoms with Crippen LogP contribution in [0.15, 0.2) is 42.6 Å². The highest BCUT2D eigenvalue weighted by Gasteiger charge is 2.23. The number of nitrogens with zero attached hydrogens (tertiary/aromatic N) is 2. The average molecular weight is 416 g/mol. The molecule has 29 heavy (non-hydrogen) atoms. The third-order valence-corrected chi connectivity index (χ3v) is 5.68. The number of halogens is 1. The lowest BCUT2D eigenvalue weighted by Crippen LogP contribution is -2.44. The molecule has 4 rings (SSSR count). The van der Waals surface area contributed by atoms with Crippen molar-refractivity contribution in [2.24, 2.45) is 0 Å². The Labute approximate surface area is 176 Å². The zero-order valence-electron chi connectivity index (χ0n) is 16.4. The number of pyridine rings is 1. The molecule has 1 aromatic carbocycles. The Morgan fingerprint density at radius 1 is 1.24 bits per heavy atom. The van der Waals surface area contributed by atoms with E-state index in [4.69, 9.17) is 21.1 Å². The SMILES string of the molecule is O=C(NC1CCN(Cc2ccccc2)CC1)c1cnc(O[C@@H]2CCOC2)c(Cl)c1. The van der Waals surface area contributed by atoms with Gasteiger partial charge in [-0.05, 0) is 24.5 Å². The quantitative estimate of drug-likeness (QED) is 0.784. The molecule has 1 aromatic heterocycles. The first-order chi connectivity index (χ1) is 14.2. The molecule has 0 bridgehead atoms. The molecule has 1 atom stereocenters. The number of ether oxygens (including phenoxy) is 2. The van der Waals surface area contributed by atoms with Gasteiger partial charge in [0.2, 0.25) is 5.88 Å². The van der Waals surface area contributed by atoms with Crippen LogP contribution in [-0.4, -0.2) is 54.2 Å². The summed E-state index contributed by atoms with van der Waals surface area (Å²) >= 11 is 6.28. The van der Waals surface area contributed by atoms with Crippen LogP contribution in [0.4, 0.5) is 0 Å². The Balaban J connectivity index is 1.26. The van der Waals surface area contributed by atoms with E-state index in [1.54, 1.807) is 6.07 Å². The standard InChI is InChI=1S/C22H26ClN3O3/c23-20-12-17(13-24-22(20)29-19-8-11-28-15-19)21(27)25-18-6-9-26(10-7-18)14-16-4-2-1-3-5-16/h1-5,12-13,18-19H,6-11,14-15H2,(H,25,27)/t19-/m1/s1. The van der Waals surface area contributed by atoms with E-state index in [-0.39, 0.29) is 18.1 Å². The molecule has 6 nitrogen and oxygen atoms in total. The Kier molecular flexibility index (Phi) is 6.64. The first kappa shape index (κ1) is 20.1. The van der Waals surface area contributed by atoms with Gasteiger partial charge in [-0.3, -0.25) is 9.69 Å². The molecule has 1 amide bonds. The smallest absolute Gasteiger partial charge is 0.253 e. The highest BCUT2D eigenvalue weighted by molar-refractivity contribution is 6.32. The summed E-state index contributed by atoms with van der Waals surface area (Å²) in [4.78, 5) is 19.3. The molecule has 3 heterocycles. The van der Waals surface area contributed by atoms with E-state index in [2.05, 4.69) is 39.5 Å². The van der Waals surface area contributed by atoms with Crippen LogP contribution in [0, 0.1) is 0 Å². The Morgan fingerprint density at radius 2 is 2.03 bits per heavy atom. The molecule has 1 N–H and O–H groups in total. The van der Waals surface area contributed by atoms with Gasteiger partial charge in [0, 0.05) is 38.3 Å². The summed E-state index contributed by atoms with van der Waals surface area (Å²) in [7, 11) is 0. The maximum Gasteiger partial charge on any atom is 0.253 e. The van der Waals surface area contributed by atoms with Crippen molar-refractivity contribution in [1.29, 1.82) is 0 Å². The van der Waals surface area contributed by atoms with Crippen LogP contribution in [0.25, 0.3) is 0 Å². The molecule has 154 valence electrons. The number of carbonyl (C=O) groups excluding carboxylic acids is 1. The van der Waals surface area contributed by atoms with Gasteiger partial charge >= 0.3 is 0 Å². The number of nitrogens with one attached hydrogen (secondary N) is 1. The van der Waals surface area contributed by atoms with Gasteiger partial charge in [-0.15, -0.1) is 0 Å². The molecule has 0 radical (unpaired) electrons. The van der Waals surface area contributed by atoms with Crippen molar-refractivity contribution in [3.05, 3.63) is 58.7 Å². The number of likely N-dealkylation sites (tertiary alicyclic amines) is 1. The number of aromatic nitrogens is 1. The van der Waals surface area contributed by atoms with E-state index < -0.39 is 0 Å². The summed E-state index contributed by atoms with van der Waals surface area (Å²) in [6.07, 6.45) is 4.19. The molecule has 2 saturated heterocycles. The Morgan fingerprint density at radius 3 is 2.72 bits per heavy atom. The summed E-state index contributed by atoms with van der Waals surface area (Å²) in [5.41, 5.74) is 1.78. The topological polar surface area (TPSA) is 63.7 Å². The normalized spacial score (nSPS) is 20.5. The zero-order chi connectivity index (χ0) is 20.1. The van der Waals surface area contributed by atoms with Crippen LogP contribution < -0.4 is 10.1 Å². The second kappa shape index (κ2) is 9.57. The summed E-state index contributed by atoms with van der Waals surface area (Å²) in [5, 5.41) is 3.46. The number of hydrogen-bond acceptors (Lipinski definition) is 5. The van der Waals surface area contributed by atoms with Crippen molar-refractivity contribution in [2.75, 3.05) is 26.3 Å². The van der Waals surface area contributed by atoms with E-state index in [1.165, 1.54) is 11.8 Å². The van der Waals surface area contributed by atoms with Gasteiger partial charge in [-0.2, -0.15) is 0 Å². The monoisotopic (exact) mass is 415 g/mol. The molecular formula is C22H26ClN3O3. The summed E-state index contributed by atoms with van der Waals surface area (Å²) in [6.45, 7) is 4.12. The first-order valence-corrected chi connectivity index (χ1v) is 10.5. The molecule has 0 spiro atoms. The fourth-order valence-electron chi connectivity index (χ4n) is 3.75. The van der Waals surface area contributed by atoms with Gasteiger partial charge < -0.3 is 14.8 Å². The number of benzene rings is 1. The van der Waals surface area contributed by atoms with Crippen LogP contribution in [-0.2, 0) is 11.3 Å². The number of rotatable bonds is 6. The second-order valence-corrected chi connectivity index (χ2v) is 8.03. The molecule has 0 saturated carbocycles. The first-order valence-electron chi connectivity index (χ1n) is 10.1. The molecular weight excluding hydrogens is 390 g/mol. The molecule has 2 aromatic rings. The second-order valence-electron chi connectivity index (χ2n) is 7.62. The Hall–Kier alpha value is -2.15. The minimum absolute atomic E-state index is 0.0271. The van der Waals surface area contributed by atoms with Crippen LogP contribution >= 0.6 is 11.6 Å². The number of piperidine rings is 1. The van der Waals surface area contributed by atoms with Crippen molar-refractivity contribution in [3.8, 4) is 5.88 Å². The van der Waals surface area contributed by atoms with E-state index in [9.17, 15) is 4.79 Å². The lowest BCUT2D eigenvalue weighted by atomic mass is 10.0. The van der Waals surface area contributed by atoms with Gasteiger partial charge in [0.05, 0.1) is 18.8 Å². The van der Waals surface area contributed by atoms with Crippen LogP contribution in [0.2, 0.25) is 5.02 Å². The van der Waals surface area contributed by atoms with Crippen LogP contribution in [0.3, 0.4) is 0 Å². The molecule has 2 aliphatic heterocycles. The molecule has 2 aliphatic rings. The van der Waals surface area contributed by atoms with Crippen LogP contribution in [0.1, 0.15) is 35.2 Å². The maximum absolute atomic E-state index is 12.6. The lowest BCUT2D eigenvalue weighted by Gasteiger charge is -2.32. The molecule has 0 aliphatic carbocycles. The van der Waals surface area contributed by atoms with Gasteiger partial charge in [0.15, 0.2) is 0 Å². The fraction of sp³-hybridized carbons (Fsp3) is 0.455. The van der Waals surface area contributed by atoms with Gasteiger partial charge in [0.25, 0.3) is 5.91 Å². The van der Waals surface area contributed by atoms with Gasteiger partial charge in [0.1, 0.15) is 11.1 Å². The fourth-order valence-corrected chi connectivity index (χ4v) is 3.96. The third-order valence-electron chi connectivity index (χ3n) is 5.41. The third kappa shape index (κ3) is 5.47. The average Bonchev–Trinajstić information content (AvgIpc) is 3.25. The van der Waals surface area contributed by atoms with Crippen LogP contribution in [0.5, 0.6) is 5.88 Å². The highest BCUT2D eigenvalue weighted by Crippen LogP contribution is 2.25. The lowest BCUT2D eigenvalue weighted by molar-refractivity contribution is 0.0908. The predicted molar refractivity (Wildman–Crippen MR) is 111 cm³/mol. The highest BCUT2D eigenvalue weighted by atomic mass is 35.5. The summed E-state index contributed by atoms with van der Waals surface area (Å²) < 4.78 is 11.0. The maximum atomic E-state index is 12.6. The van der Waals surface area contributed by atoms with Crippen molar-refractivity contribution >= 4 is 17.5 Å². The van der Waals surface area contributed by atoms with Crippen molar-refractivity contribution < 1.29 is 14.3 Å². The van der Waals surface area contributed by atoms with Gasteiger partial charge in [-0.25, -0.2) is 4.98 Å².